The van der Waals surface area contributed by atoms with Crippen molar-refractivity contribution < 1.29 is 14.3 Å². The number of nitrogens with one attached hydrogen (secondary N) is 1. The van der Waals surface area contributed by atoms with Gasteiger partial charge >= 0.3 is 0 Å². The van der Waals surface area contributed by atoms with Crippen LogP contribution in [0.2, 0.25) is 0 Å². The van der Waals surface area contributed by atoms with Crippen molar-refractivity contribution in [1.29, 1.82) is 0 Å². The quantitative estimate of drug-likeness (QED) is 0.876. The van der Waals surface area contributed by atoms with E-state index in [0.29, 0.717) is 13.1 Å². The Kier molecular flexibility index (Phi) is 4.37. The lowest BCUT2D eigenvalue weighted by atomic mass is 10.0. The van der Waals surface area contributed by atoms with E-state index in [1.165, 1.54) is 6.07 Å². The lowest BCUT2D eigenvalue weighted by Gasteiger charge is -2.35. The molecule has 19 heavy (non-hydrogen) atoms. The number of rotatable bonds is 3. The first-order valence-corrected chi connectivity index (χ1v) is 6.57. The molecule has 0 aliphatic carbocycles. The highest BCUT2D eigenvalue weighted by Crippen LogP contribution is 2.24. The molecule has 104 valence electrons. The van der Waals surface area contributed by atoms with E-state index in [9.17, 15) is 14.3 Å². The van der Waals surface area contributed by atoms with Gasteiger partial charge in [0.05, 0.1) is 5.56 Å². The van der Waals surface area contributed by atoms with Crippen LogP contribution in [-0.4, -0.2) is 42.1 Å². The molecule has 1 saturated heterocycles. The van der Waals surface area contributed by atoms with Crippen molar-refractivity contribution in [1.82, 2.24) is 10.2 Å². The van der Waals surface area contributed by atoms with Gasteiger partial charge in [0.2, 0.25) is 0 Å². The molecule has 0 aromatic heterocycles. The monoisotopic (exact) mass is 266 g/mol. The van der Waals surface area contributed by atoms with E-state index in [1.807, 2.05) is 7.05 Å². The van der Waals surface area contributed by atoms with Gasteiger partial charge < -0.3 is 15.3 Å². The molecule has 1 unspecified atom stereocenters. The number of phenolic OH excluding ortho intramolecular Hbond substituents is 1. The van der Waals surface area contributed by atoms with Crippen molar-refractivity contribution in [3.63, 3.8) is 0 Å². The molecule has 4 nitrogen and oxygen atoms in total. The highest BCUT2D eigenvalue weighted by molar-refractivity contribution is 5.97. The van der Waals surface area contributed by atoms with E-state index in [1.54, 1.807) is 4.90 Å². The minimum atomic E-state index is -0.511. The molecule has 1 aliphatic rings. The van der Waals surface area contributed by atoms with Gasteiger partial charge in [-0.1, -0.05) is 0 Å². The Labute approximate surface area is 112 Å². The van der Waals surface area contributed by atoms with Gasteiger partial charge in [0.1, 0.15) is 11.6 Å². The Balaban J connectivity index is 2.23. The standard InChI is InChI=1S/C14H19FN2O2/c1-16-9-11-4-2-3-7-17(11)14(19)12-8-10(15)5-6-13(12)18/h5-6,8,11,16,18H,2-4,7,9H2,1H3. The van der Waals surface area contributed by atoms with Crippen molar-refractivity contribution in [3.8, 4) is 5.75 Å². The number of likely N-dealkylation sites (tertiary alicyclic amines) is 1. The second-order valence-corrected chi connectivity index (χ2v) is 4.87. The summed E-state index contributed by atoms with van der Waals surface area (Å²) in [7, 11) is 1.84. The maximum absolute atomic E-state index is 13.2. The Hall–Kier alpha value is -1.62. The average Bonchev–Trinajstić information content (AvgIpc) is 2.42. The van der Waals surface area contributed by atoms with Gasteiger partial charge in [-0.05, 0) is 44.5 Å². The number of carbonyl (C=O) groups excluding carboxylic acids is 1. The van der Waals surface area contributed by atoms with E-state index < -0.39 is 5.82 Å². The summed E-state index contributed by atoms with van der Waals surface area (Å²) in [6, 6.07) is 3.57. The largest absolute Gasteiger partial charge is 0.507 e. The van der Waals surface area contributed by atoms with Crippen molar-refractivity contribution >= 4 is 5.91 Å². The van der Waals surface area contributed by atoms with Crippen LogP contribution in [0.1, 0.15) is 29.6 Å². The highest BCUT2D eigenvalue weighted by Gasteiger charge is 2.28. The molecule has 2 rings (SSSR count). The Morgan fingerprint density at radius 2 is 2.32 bits per heavy atom. The zero-order valence-electron chi connectivity index (χ0n) is 11.0. The van der Waals surface area contributed by atoms with Crippen LogP contribution in [0.5, 0.6) is 5.75 Å². The number of hydrogen-bond donors (Lipinski definition) is 2. The lowest BCUT2D eigenvalue weighted by molar-refractivity contribution is 0.0611. The van der Waals surface area contributed by atoms with Crippen molar-refractivity contribution in [3.05, 3.63) is 29.6 Å². The van der Waals surface area contributed by atoms with E-state index in [-0.39, 0.29) is 23.3 Å². The molecule has 1 heterocycles. The average molecular weight is 266 g/mol. The lowest BCUT2D eigenvalue weighted by Crippen LogP contribution is -2.48. The topological polar surface area (TPSA) is 52.6 Å². The molecule has 0 radical (unpaired) electrons. The maximum atomic E-state index is 13.2. The number of likely N-dealkylation sites (N-methyl/N-ethyl adjacent to an activating group) is 1. The highest BCUT2D eigenvalue weighted by atomic mass is 19.1. The van der Waals surface area contributed by atoms with Gasteiger partial charge in [0.15, 0.2) is 0 Å². The van der Waals surface area contributed by atoms with Crippen molar-refractivity contribution in [2.45, 2.75) is 25.3 Å². The number of carbonyl (C=O) groups is 1. The summed E-state index contributed by atoms with van der Waals surface area (Å²) in [5, 5.41) is 12.8. The van der Waals surface area contributed by atoms with Crippen LogP contribution in [0.3, 0.4) is 0 Å². The molecule has 0 spiro atoms. The first-order chi connectivity index (χ1) is 9.13. The molecule has 2 N–H and O–H groups in total. The Bertz CT molecular complexity index is 463. The van der Waals surface area contributed by atoms with Gasteiger partial charge in [0, 0.05) is 19.1 Å². The van der Waals surface area contributed by atoms with Crippen molar-refractivity contribution in [2.75, 3.05) is 20.1 Å². The minimum absolute atomic E-state index is 0.0444. The van der Waals surface area contributed by atoms with E-state index in [0.717, 1.165) is 31.4 Å². The molecule has 1 aromatic rings. The predicted octanol–water partition coefficient (Wildman–Crippen LogP) is 1.75. The fraction of sp³-hybridized carbons (Fsp3) is 0.500. The number of benzene rings is 1. The first-order valence-electron chi connectivity index (χ1n) is 6.57. The summed E-state index contributed by atoms with van der Waals surface area (Å²) < 4.78 is 13.2. The molecule has 0 bridgehead atoms. The first kappa shape index (κ1) is 13.8. The fourth-order valence-electron chi connectivity index (χ4n) is 2.55. The third-order valence-electron chi connectivity index (χ3n) is 3.52. The molecule has 1 fully saturated rings. The van der Waals surface area contributed by atoms with Crippen LogP contribution >= 0.6 is 0 Å². The number of phenols is 1. The number of aromatic hydroxyl groups is 1. The Morgan fingerprint density at radius 3 is 3.05 bits per heavy atom. The molecule has 1 atom stereocenters. The van der Waals surface area contributed by atoms with E-state index in [4.69, 9.17) is 0 Å². The molecule has 0 saturated carbocycles. The SMILES string of the molecule is CNCC1CCCCN1C(=O)c1cc(F)ccc1O. The van der Waals surface area contributed by atoms with Crippen LogP contribution in [0.4, 0.5) is 4.39 Å². The second-order valence-electron chi connectivity index (χ2n) is 4.87. The van der Waals surface area contributed by atoms with Crippen LogP contribution in [0.25, 0.3) is 0 Å². The third kappa shape index (κ3) is 3.04. The number of amides is 1. The minimum Gasteiger partial charge on any atom is -0.507 e. The fourth-order valence-corrected chi connectivity index (χ4v) is 2.55. The molecular weight excluding hydrogens is 247 g/mol. The predicted molar refractivity (Wildman–Crippen MR) is 70.7 cm³/mol. The molecule has 1 aromatic carbocycles. The maximum Gasteiger partial charge on any atom is 0.258 e. The van der Waals surface area contributed by atoms with E-state index >= 15 is 0 Å². The van der Waals surface area contributed by atoms with Gasteiger partial charge in [-0.25, -0.2) is 4.39 Å². The van der Waals surface area contributed by atoms with E-state index in [2.05, 4.69) is 5.32 Å². The van der Waals surface area contributed by atoms with Gasteiger partial charge in [0.25, 0.3) is 5.91 Å². The zero-order chi connectivity index (χ0) is 13.8. The molecular formula is C14H19FN2O2. The number of nitrogens with zero attached hydrogens (tertiary/aromatic N) is 1. The summed E-state index contributed by atoms with van der Waals surface area (Å²) >= 11 is 0. The van der Waals surface area contributed by atoms with Crippen molar-refractivity contribution in [2.24, 2.45) is 0 Å². The van der Waals surface area contributed by atoms with Crippen LogP contribution in [0, 0.1) is 5.82 Å². The molecule has 1 aliphatic heterocycles. The molecule has 5 heteroatoms. The number of hydrogen-bond acceptors (Lipinski definition) is 3. The van der Waals surface area contributed by atoms with Gasteiger partial charge in [-0.15, -0.1) is 0 Å². The number of piperidine rings is 1. The summed E-state index contributed by atoms with van der Waals surface area (Å²) in [6.07, 6.45) is 2.97. The zero-order valence-corrected chi connectivity index (χ0v) is 11.0. The smallest absolute Gasteiger partial charge is 0.258 e. The summed E-state index contributed by atoms with van der Waals surface area (Å²) in [5.41, 5.74) is 0.0444. The van der Waals surface area contributed by atoms with Crippen LogP contribution in [-0.2, 0) is 0 Å². The van der Waals surface area contributed by atoms with Gasteiger partial charge in [-0.3, -0.25) is 4.79 Å². The summed E-state index contributed by atoms with van der Waals surface area (Å²) in [4.78, 5) is 14.2. The Morgan fingerprint density at radius 1 is 1.53 bits per heavy atom. The summed E-state index contributed by atoms with van der Waals surface area (Å²) in [6.45, 7) is 1.36. The summed E-state index contributed by atoms with van der Waals surface area (Å²) in [5.74, 6) is -0.972. The third-order valence-corrected chi connectivity index (χ3v) is 3.52. The normalized spacial score (nSPS) is 19.5. The van der Waals surface area contributed by atoms with Gasteiger partial charge in [-0.2, -0.15) is 0 Å². The number of halogens is 1. The second kappa shape index (κ2) is 6.02. The van der Waals surface area contributed by atoms with Crippen LogP contribution in [0.15, 0.2) is 18.2 Å². The molecule has 1 amide bonds. The van der Waals surface area contributed by atoms with Crippen LogP contribution < -0.4 is 5.32 Å².